The zero-order valence-electron chi connectivity index (χ0n) is 16.4. The van der Waals surface area contributed by atoms with Gasteiger partial charge < -0.3 is 9.80 Å². The second-order valence-corrected chi connectivity index (χ2v) is 8.44. The Kier molecular flexibility index (Phi) is 6.22. The molecule has 2 N–H and O–H groups in total. The summed E-state index contributed by atoms with van der Waals surface area (Å²) in [6.45, 7) is 4.70. The van der Waals surface area contributed by atoms with Gasteiger partial charge in [-0.15, -0.1) is 0 Å². The van der Waals surface area contributed by atoms with E-state index in [-0.39, 0.29) is 5.92 Å². The first kappa shape index (κ1) is 19.3. The molecule has 3 heterocycles. The molecule has 0 spiro atoms. The number of quaternary nitrogens is 1. The van der Waals surface area contributed by atoms with Crippen LogP contribution < -0.4 is 4.90 Å². The highest BCUT2D eigenvalue weighted by molar-refractivity contribution is 7.71. The molecule has 7 heteroatoms. The Bertz CT molecular complexity index is 830. The van der Waals surface area contributed by atoms with Gasteiger partial charge in [-0.3, -0.25) is 9.89 Å². The zero-order valence-corrected chi connectivity index (χ0v) is 17.2. The predicted octanol–water partition coefficient (Wildman–Crippen LogP) is 2.26. The van der Waals surface area contributed by atoms with Gasteiger partial charge in [-0.1, -0.05) is 43.2 Å². The fourth-order valence-corrected chi connectivity index (χ4v) is 4.59. The standard InChI is InChI=1S/C21H29N5OS/c27-20(25-12-6-1-2-7-13-25)18-10-14-24(15-11-18)16-26-21(28)22-19(23-26)17-8-4-3-5-9-17/h3-5,8-9,18H,1-2,6-7,10-16H2,(H,22,23,28)/p+1. The Morgan fingerprint density at radius 2 is 1.79 bits per heavy atom. The molecule has 2 fully saturated rings. The average molecular weight is 401 g/mol. The summed E-state index contributed by atoms with van der Waals surface area (Å²) in [5, 5.41) is 3.34. The number of benzene rings is 1. The van der Waals surface area contributed by atoms with Crippen LogP contribution in [0.3, 0.4) is 0 Å². The van der Waals surface area contributed by atoms with Gasteiger partial charge in [0.15, 0.2) is 12.5 Å². The van der Waals surface area contributed by atoms with Crippen LogP contribution in [-0.2, 0) is 11.5 Å². The molecule has 0 radical (unpaired) electrons. The lowest BCUT2D eigenvalue weighted by Gasteiger charge is -2.31. The molecule has 1 aromatic carbocycles. The molecule has 4 rings (SSSR count). The molecule has 2 aliphatic heterocycles. The first-order chi connectivity index (χ1) is 13.7. The third kappa shape index (κ3) is 4.52. The van der Waals surface area contributed by atoms with Gasteiger partial charge in [-0.2, -0.15) is 4.98 Å². The summed E-state index contributed by atoms with van der Waals surface area (Å²) in [6.07, 6.45) is 6.80. The molecular weight excluding hydrogens is 370 g/mol. The van der Waals surface area contributed by atoms with Crippen LogP contribution in [0.4, 0.5) is 0 Å². The summed E-state index contributed by atoms with van der Waals surface area (Å²) in [5.74, 6) is 1.41. The third-order valence-corrected chi connectivity index (χ3v) is 6.38. The molecule has 1 aromatic heterocycles. The van der Waals surface area contributed by atoms with E-state index in [9.17, 15) is 4.79 Å². The first-order valence-electron chi connectivity index (χ1n) is 10.6. The quantitative estimate of drug-likeness (QED) is 0.774. The lowest BCUT2D eigenvalue weighted by Crippen LogP contribution is -3.12. The summed E-state index contributed by atoms with van der Waals surface area (Å²) in [6, 6.07) is 10.1. The number of hydrogen-bond acceptors (Lipinski definition) is 3. The molecule has 0 atom stereocenters. The van der Waals surface area contributed by atoms with Crippen LogP contribution in [0.2, 0.25) is 0 Å². The number of amides is 1. The highest BCUT2D eigenvalue weighted by Crippen LogP contribution is 2.18. The number of piperidine rings is 1. The average Bonchev–Trinajstić information content (AvgIpc) is 2.93. The smallest absolute Gasteiger partial charge is 0.226 e. The minimum Gasteiger partial charge on any atom is -0.342 e. The fourth-order valence-electron chi connectivity index (χ4n) is 4.39. The van der Waals surface area contributed by atoms with E-state index in [0.29, 0.717) is 10.7 Å². The second kappa shape index (κ2) is 9.01. The maximum Gasteiger partial charge on any atom is 0.226 e. The summed E-state index contributed by atoms with van der Waals surface area (Å²) < 4.78 is 2.55. The summed E-state index contributed by atoms with van der Waals surface area (Å²) >= 11 is 5.45. The van der Waals surface area contributed by atoms with Gasteiger partial charge in [-0.05, 0) is 25.1 Å². The van der Waals surface area contributed by atoms with Crippen LogP contribution in [0.25, 0.3) is 11.4 Å². The number of likely N-dealkylation sites (tertiary alicyclic amines) is 2. The Balaban J connectivity index is 1.33. The van der Waals surface area contributed by atoms with Crippen LogP contribution in [0.5, 0.6) is 0 Å². The largest absolute Gasteiger partial charge is 0.342 e. The lowest BCUT2D eigenvalue weighted by atomic mass is 9.95. The molecule has 1 amide bonds. The van der Waals surface area contributed by atoms with Crippen molar-refractivity contribution in [3.8, 4) is 11.4 Å². The van der Waals surface area contributed by atoms with E-state index < -0.39 is 0 Å². The van der Waals surface area contributed by atoms with E-state index in [4.69, 9.17) is 12.2 Å². The number of aromatic amines is 1. The van der Waals surface area contributed by atoms with E-state index in [0.717, 1.165) is 69.9 Å². The normalized spacial score (nSPS) is 23.4. The van der Waals surface area contributed by atoms with E-state index in [1.807, 2.05) is 35.0 Å². The van der Waals surface area contributed by atoms with Crippen molar-refractivity contribution in [2.75, 3.05) is 26.2 Å². The molecular formula is C21H30N5OS+. The maximum atomic E-state index is 12.9. The molecule has 0 unspecified atom stereocenters. The molecule has 150 valence electrons. The molecule has 6 nitrogen and oxygen atoms in total. The molecule has 28 heavy (non-hydrogen) atoms. The number of H-pyrrole nitrogens is 1. The molecule has 0 saturated carbocycles. The van der Waals surface area contributed by atoms with E-state index in [1.165, 1.54) is 17.7 Å². The van der Waals surface area contributed by atoms with Gasteiger partial charge in [0.05, 0.1) is 13.1 Å². The van der Waals surface area contributed by atoms with Gasteiger partial charge in [0.1, 0.15) is 0 Å². The Morgan fingerprint density at radius 3 is 2.46 bits per heavy atom. The number of hydrogen-bond donors (Lipinski definition) is 2. The molecule has 2 saturated heterocycles. The number of nitrogens with one attached hydrogen (secondary N) is 2. The minimum atomic E-state index is 0.205. The van der Waals surface area contributed by atoms with E-state index in [2.05, 4.69) is 15.0 Å². The summed E-state index contributed by atoms with van der Waals surface area (Å²) in [4.78, 5) is 21.0. The van der Waals surface area contributed by atoms with E-state index in [1.54, 1.807) is 0 Å². The highest BCUT2D eigenvalue weighted by atomic mass is 32.1. The number of carbonyl (C=O) groups is 1. The monoisotopic (exact) mass is 400 g/mol. The highest BCUT2D eigenvalue weighted by Gasteiger charge is 2.31. The predicted molar refractivity (Wildman–Crippen MR) is 111 cm³/mol. The van der Waals surface area contributed by atoms with Crippen molar-refractivity contribution in [1.29, 1.82) is 0 Å². The third-order valence-electron chi connectivity index (χ3n) is 6.07. The molecule has 0 aliphatic carbocycles. The van der Waals surface area contributed by atoms with Crippen molar-refractivity contribution in [2.45, 2.75) is 45.2 Å². The van der Waals surface area contributed by atoms with Crippen molar-refractivity contribution in [3.05, 3.63) is 35.1 Å². The SMILES string of the molecule is O=C(C1CC[NH+](Cn2[nH]c(-c3ccccc3)nc2=S)CC1)N1CCCCCC1. The minimum absolute atomic E-state index is 0.205. The van der Waals surface area contributed by atoms with Gasteiger partial charge in [0.25, 0.3) is 0 Å². The van der Waals surface area contributed by atoms with Crippen molar-refractivity contribution in [3.63, 3.8) is 0 Å². The molecule has 0 bridgehead atoms. The lowest BCUT2D eigenvalue weighted by molar-refractivity contribution is -0.929. The topological polar surface area (TPSA) is 58.4 Å². The van der Waals surface area contributed by atoms with Crippen molar-refractivity contribution in [2.24, 2.45) is 5.92 Å². The molecule has 2 aromatic rings. The summed E-state index contributed by atoms with van der Waals surface area (Å²) in [7, 11) is 0. The number of nitrogens with zero attached hydrogens (tertiary/aromatic N) is 3. The summed E-state index contributed by atoms with van der Waals surface area (Å²) in [5.41, 5.74) is 1.05. The van der Waals surface area contributed by atoms with Gasteiger partial charge in [-0.25, -0.2) is 4.68 Å². The van der Waals surface area contributed by atoms with Gasteiger partial charge >= 0.3 is 0 Å². The van der Waals surface area contributed by atoms with Crippen LogP contribution in [0.1, 0.15) is 38.5 Å². The zero-order chi connectivity index (χ0) is 19.3. The van der Waals surface area contributed by atoms with Crippen molar-refractivity contribution < 1.29 is 9.69 Å². The van der Waals surface area contributed by atoms with Gasteiger partial charge in [0, 0.05) is 37.4 Å². The van der Waals surface area contributed by atoms with Crippen molar-refractivity contribution in [1.82, 2.24) is 19.7 Å². The maximum absolute atomic E-state index is 12.9. The number of aromatic nitrogens is 3. The van der Waals surface area contributed by atoms with E-state index >= 15 is 0 Å². The number of rotatable bonds is 4. The molecule has 2 aliphatic rings. The fraction of sp³-hybridized carbons (Fsp3) is 0.571. The Morgan fingerprint density at radius 1 is 1.11 bits per heavy atom. The first-order valence-corrected chi connectivity index (χ1v) is 11.0. The number of carbonyl (C=O) groups excluding carboxylic acids is 1. The van der Waals surface area contributed by atoms with Crippen molar-refractivity contribution >= 4 is 18.1 Å². The Labute approximate surface area is 171 Å². The Hall–Kier alpha value is -1.99. The van der Waals surface area contributed by atoms with Crippen LogP contribution >= 0.6 is 12.2 Å². The second-order valence-electron chi connectivity index (χ2n) is 8.07. The van der Waals surface area contributed by atoms with Crippen LogP contribution in [-0.4, -0.2) is 51.8 Å². The van der Waals surface area contributed by atoms with Gasteiger partial charge in [0.2, 0.25) is 10.7 Å². The van der Waals surface area contributed by atoms with Crippen LogP contribution in [0, 0.1) is 10.7 Å². The van der Waals surface area contributed by atoms with Crippen LogP contribution in [0.15, 0.2) is 30.3 Å².